The Bertz CT molecular complexity index is 227. The van der Waals surface area contributed by atoms with Crippen molar-refractivity contribution in [1.29, 1.82) is 0 Å². The van der Waals surface area contributed by atoms with E-state index in [4.69, 9.17) is 10.5 Å². The number of ether oxygens (including phenoxy) is 1. The van der Waals surface area contributed by atoms with Crippen molar-refractivity contribution in [3.05, 3.63) is 0 Å². The van der Waals surface area contributed by atoms with Crippen molar-refractivity contribution in [2.75, 3.05) is 26.3 Å². The summed E-state index contributed by atoms with van der Waals surface area (Å²) in [5, 5.41) is 4.98. The number of amides is 3. The third kappa shape index (κ3) is 5.21. The van der Waals surface area contributed by atoms with Gasteiger partial charge in [-0.2, -0.15) is 0 Å². The highest BCUT2D eigenvalue weighted by Crippen LogP contribution is 2.12. The van der Waals surface area contributed by atoms with Crippen LogP contribution in [0.15, 0.2) is 0 Å². The number of hydrogen-bond acceptors (Lipinski definition) is 3. The number of carbonyl (C=O) groups excluding carboxylic acids is 2. The van der Waals surface area contributed by atoms with Crippen LogP contribution in [0.2, 0.25) is 0 Å². The topological polar surface area (TPSA) is 93.5 Å². The number of primary amides is 1. The molecule has 0 aliphatic carbocycles. The Balaban J connectivity index is 2.07. The van der Waals surface area contributed by atoms with Gasteiger partial charge in [0.2, 0.25) is 5.91 Å². The number of carbonyl (C=O) groups is 2. The second-order valence-corrected chi connectivity index (χ2v) is 3.58. The van der Waals surface area contributed by atoms with Crippen molar-refractivity contribution in [3.8, 4) is 0 Å². The summed E-state index contributed by atoms with van der Waals surface area (Å²) in [4.78, 5) is 21.5. The molecule has 0 atom stereocenters. The van der Waals surface area contributed by atoms with Crippen molar-refractivity contribution >= 4 is 11.9 Å². The van der Waals surface area contributed by atoms with Crippen LogP contribution in [-0.2, 0) is 9.53 Å². The van der Waals surface area contributed by atoms with Gasteiger partial charge in [-0.25, -0.2) is 4.79 Å². The third-order valence-electron chi connectivity index (χ3n) is 2.35. The fraction of sp³-hybridized carbons (Fsp3) is 0.778. The van der Waals surface area contributed by atoms with Crippen LogP contribution in [0.3, 0.4) is 0 Å². The molecule has 3 amide bonds. The molecule has 1 rings (SSSR count). The first-order chi connectivity index (χ1) is 7.18. The molecule has 1 heterocycles. The van der Waals surface area contributed by atoms with E-state index in [1.807, 2.05) is 0 Å². The summed E-state index contributed by atoms with van der Waals surface area (Å²) in [6.45, 7) is 2.11. The predicted octanol–water partition coefficient (Wildman–Crippen LogP) is -0.802. The first kappa shape index (κ1) is 11.8. The SMILES string of the molecule is NC(=O)NCC(=O)NCC1CCOCC1. The van der Waals surface area contributed by atoms with Crippen LogP contribution in [0.1, 0.15) is 12.8 Å². The summed E-state index contributed by atoms with van der Waals surface area (Å²) in [5.41, 5.74) is 4.83. The van der Waals surface area contributed by atoms with Crippen LogP contribution in [0.25, 0.3) is 0 Å². The number of nitrogens with two attached hydrogens (primary N) is 1. The number of rotatable bonds is 4. The lowest BCUT2D eigenvalue weighted by atomic mass is 10.0. The van der Waals surface area contributed by atoms with Crippen molar-refractivity contribution in [2.45, 2.75) is 12.8 Å². The molecular formula is C9H17N3O3. The average Bonchev–Trinajstić information content (AvgIpc) is 2.25. The summed E-state index contributed by atoms with van der Waals surface area (Å²) in [6.07, 6.45) is 1.95. The molecule has 0 radical (unpaired) electrons. The summed E-state index contributed by atoms with van der Waals surface area (Å²) >= 11 is 0. The molecule has 6 heteroatoms. The maximum atomic E-state index is 11.2. The summed E-state index contributed by atoms with van der Waals surface area (Å²) in [7, 11) is 0. The van der Waals surface area contributed by atoms with E-state index in [1.165, 1.54) is 0 Å². The Morgan fingerprint density at radius 2 is 1.93 bits per heavy atom. The van der Waals surface area contributed by atoms with E-state index in [-0.39, 0.29) is 12.5 Å². The van der Waals surface area contributed by atoms with Crippen molar-refractivity contribution in [1.82, 2.24) is 10.6 Å². The molecule has 86 valence electrons. The molecule has 0 aromatic rings. The summed E-state index contributed by atoms with van der Waals surface area (Å²) < 4.78 is 5.20. The molecular weight excluding hydrogens is 198 g/mol. The molecule has 0 aromatic carbocycles. The highest BCUT2D eigenvalue weighted by molar-refractivity contribution is 5.83. The van der Waals surface area contributed by atoms with E-state index in [1.54, 1.807) is 0 Å². The maximum absolute atomic E-state index is 11.2. The fourth-order valence-electron chi connectivity index (χ4n) is 1.44. The lowest BCUT2D eigenvalue weighted by Gasteiger charge is -2.22. The smallest absolute Gasteiger partial charge is 0.312 e. The van der Waals surface area contributed by atoms with Crippen molar-refractivity contribution < 1.29 is 14.3 Å². The van der Waals surface area contributed by atoms with E-state index < -0.39 is 6.03 Å². The van der Waals surface area contributed by atoms with E-state index in [0.717, 1.165) is 26.1 Å². The van der Waals surface area contributed by atoms with E-state index in [9.17, 15) is 9.59 Å². The van der Waals surface area contributed by atoms with Crippen LogP contribution in [0.5, 0.6) is 0 Å². The first-order valence-corrected chi connectivity index (χ1v) is 5.06. The molecule has 0 aromatic heterocycles. The molecule has 6 nitrogen and oxygen atoms in total. The Morgan fingerprint density at radius 3 is 2.53 bits per heavy atom. The minimum absolute atomic E-state index is 0.0570. The normalized spacial score (nSPS) is 17.1. The molecule has 1 fully saturated rings. The quantitative estimate of drug-likeness (QED) is 0.573. The van der Waals surface area contributed by atoms with Crippen LogP contribution < -0.4 is 16.4 Å². The zero-order chi connectivity index (χ0) is 11.1. The molecule has 1 aliphatic rings. The van der Waals surface area contributed by atoms with Crippen molar-refractivity contribution in [3.63, 3.8) is 0 Å². The lowest BCUT2D eigenvalue weighted by Crippen LogP contribution is -2.41. The second kappa shape index (κ2) is 6.23. The first-order valence-electron chi connectivity index (χ1n) is 5.06. The van der Waals surface area contributed by atoms with Gasteiger partial charge in [-0.1, -0.05) is 0 Å². The molecule has 0 bridgehead atoms. The monoisotopic (exact) mass is 215 g/mol. The summed E-state index contributed by atoms with van der Waals surface area (Å²) in [6, 6.07) is -0.684. The van der Waals surface area contributed by atoms with E-state index >= 15 is 0 Å². The molecule has 0 spiro atoms. The van der Waals surface area contributed by atoms with Gasteiger partial charge in [0.1, 0.15) is 0 Å². The van der Waals surface area contributed by atoms with Crippen molar-refractivity contribution in [2.24, 2.45) is 11.7 Å². The van der Waals surface area contributed by atoms with Crippen LogP contribution in [-0.4, -0.2) is 38.2 Å². The standard InChI is InChI=1S/C9H17N3O3/c10-9(14)12-6-8(13)11-5-7-1-3-15-4-2-7/h7H,1-6H2,(H,11,13)(H3,10,12,14). The maximum Gasteiger partial charge on any atom is 0.312 e. The molecule has 4 N–H and O–H groups in total. The third-order valence-corrected chi connectivity index (χ3v) is 2.35. The zero-order valence-corrected chi connectivity index (χ0v) is 8.62. The Kier molecular flexibility index (Phi) is 4.89. The van der Waals surface area contributed by atoms with E-state index in [0.29, 0.717) is 12.5 Å². The minimum Gasteiger partial charge on any atom is -0.381 e. The molecule has 0 unspecified atom stereocenters. The summed E-state index contributed by atoms with van der Waals surface area (Å²) in [5.74, 6) is 0.275. The van der Waals surface area contributed by atoms with E-state index in [2.05, 4.69) is 10.6 Å². The fourth-order valence-corrected chi connectivity index (χ4v) is 1.44. The van der Waals surface area contributed by atoms with Gasteiger partial charge in [0.05, 0.1) is 6.54 Å². The second-order valence-electron chi connectivity index (χ2n) is 3.58. The van der Waals surface area contributed by atoms with Crippen LogP contribution in [0, 0.1) is 5.92 Å². The molecule has 15 heavy (non-hydrogen) atoms. The van der Waals surface area contributed by atoms with Crippen LogP contribution in [0.4, 0.5) is 4.79 Å². The van der Waals surface area contributed by atoms with Gasteiger partial charge in [0.25, 0.3) is 0 Å². The lowest BCUT2D eigenvalue weighted by molar-refractivity contribution is -0.120. The van der Waals surface area contributed by atoms with Gasteiger partial charge in [-0.15, -0.1) is 0 Å². The largest absolute Gasteiger partial charge is 0.381 e. The zero-order valence-electron chi connectivity index (χ0n) is 8.62. The highest BCUT2D eigenvalue weighted by atomic mass is 16.5. The molecule has 1 saturated heterocycles. The predicted molar refractivity (Wildman–Crippen MR) is 54.1 cm³/mol. The van der Waals surface area contributed by atoms with Gasteiger partial charge < -0.3 is 21.1 Å². The van der Waals surface area contributed by atoms with Gasteiger partial charge in [0, 0.05) is 19.8 Å². The van der Waals surface area contributed by atoms with Gasteiger partial charge in [-0.3, -0.25) is 4.79 Å². The number of hydrogen-bond donors (Lipinski definition) is 3. The molecule has 0 saturated carbocycles. The van der Waals surface area contributed by atoms with Gasteiger partial charge in [0.15, 0.2) is 0 Å². The Hall–Kier alpha value is -1.30. The number of nitrogens with one attached hydrogen (secondary N) is 2. The van der Waals surface area contributed by atoms with Gasteiger partial charge in [-0.05, 0) is 18.8 Å². The van der Waals surface area contributed by atoms with Gasteiger partial charge >= 0.3 is 6.03 Å². The Labute approximate surface area is 88.5 Å². The minimum atomic E-state index is -0.684. The van der Waals surface area contributed by atoms with Crippen LogP contribution >= 0.6 is 0 Å². The average molecular weight is 215 g/mol. The number of urea groups is 1. The highest BCUT2D eigenvalue weighted by Gasteiger charge is 2.14. The molecule has 1 aliphatic heterocycles. The Morgan fingerprint density at radius 1 is 1.27 bits per heavy atom.